The van der Waals surface area contributed by atoms with Crippen molar-refractivity contribution < 1.29 is 14.4 Å². The number of rotatable bonds is 4. The van der Waals surface area contributed by atoms with Crippen LogP contribution >= 0.6 is 22.9 Å². The van der Waals surface area contributed by atoms with E-state index in [-0.39, 0.29) is 17.9 Å². The Morgan fingerprint density at radius 1 is 1.20 bits per heavy atom. The van der Waals surface area contributed by atoms with Crippen LogP contribution < -0.4 is 11.1 Å². The highest BCUT2D eigenvalue weighted by Crippen LogP contribution is 2.41. The van der Waals surface area contributed by atoms with E-state index in [1.165, 1.54) is 11.3 Å². The molecule has 1 aromatic heterocycles. The molecular weight excluding hydrogens is 422 g/mol. The molecular formula is C22H24ClN3O3S. The number of likely N-dealkylation sites (tertiary alicyclic amines) is 1. The molecule has 1 saturated carbocycles. The Balaban J connectivity index is 1.57. The van der Waals surface area contributed by atoms with Gasteiger partial charge in [-0.1, -0.05) is 36.6 Å². The molecule has 3 N–H and O–H groups in total. The minimum atomic E-state index is -0.562. The van der Waals surface area contributed by atoms with Gasteiger partial charge in [0.1, 0.15) is 6.04 Å². The molecule has 0 spiro atoms. The van der Waals surface area contributed by atoms with Crippen LogP contribution in [0.1, 0.15) is 57.7 Å². The molecule has 1 saturated heterocycles. The SMILES string of the molecule is Cc1cc(NC(=O)c2ccccc2Cl)sc1C(=O)N1C(C(N)=O)CC2CCCCC21. The minimum absolute atomic E-state index is 0.0615. The molecule has 8 heteroatoms. The monoisotopic (exact) mass is 445 g/mol. The van der Waals surface area contributed by atoms with E-state index in [2.05, 4.69) is 5.32 Å². The minimum Gasteiger partial charge on any atom is -0.368 e. The van der Waals surface area contributed by atoms with Crippen molar-refractivity contribution in [2.45, 2.75) is 51.1 Å². The molecule has 1 aromatic carbocycles. The van der Waals surface area contributed by atoms with Gasteiger partial charge in [0.2, 0.25) is 5.91 Å². The smallest absolute Gasteiger partial charge is 0.265 e. The van der Waals surface area contributed by atoms with Gasteiger partial charge in [-0.2, -0.15) is 0 Å². The Hall–Kier alpha value is -2.38. The number of fused-ring (bicyclic) bond motifs is 1. The van der Waals surface area contributed by atoms with Crippen molar-refractivity contribution >= 4 is 45.7 Å². The van der Waals surface area contributed by atoms with Gasteiger partial charge in [-0.25, -0.2) is 0 Å². The summed E-state index contributed by atoms with van der Waals surface area (Å²) in [5.74, 6) is -0.614. The van der Waals surface area contributed by atoms with E-state index in [9.17, 15) is 14.4 Å². The number of nitrogens with two attached hydrogens (primary N) is 1. The maximum absolute atomic E-state index is 13.5. The molecule has 2 fully saturated rings. The van der Waals surface area contributed by atoms with Crippen LogP contribution in [-0.4, -0.2) is 34.7 Å². The molecule has 2 aromatic rings. The lowest BCUT2D eigenvalue weighted by molar-refractivity contribution is -0.122. The molecule has 2 aliphatic rings. The lowest BCUT2D eigenvalue weighted by Crippen LogP contribution is -2.48. The second-order valence-electron chi connectivity index (χ2n) is 8.03. The molecule has 2 heterocycles. The number of carbonyl (C=O) groups is 3. The van der Waals surface area contributed by atoms with Crippen LogP contribution in [0, 0.1) is 12.8 Å². The highest BCUT2D eigenvalue weighted by molar-refractivity contribution is 7.18. The van der Waals surface area contributed by atoms with E-state index in [0.717, 1.165) is 31.2 Å². The first-order valence-electron chi connectivity index (χ1n) is 10.1. The van der Waals surface area contributed by atoms with Crippen molar-refractivity contribution in [2.24, 2.45) is 11.7 Å². The number of benzene rings is 1. The second-order valence-corrected chi connectivity index (χ2v) is 9.49. The number of nitrogens with one attached hydrogen (secondary N) is 1. The van der Waals surface area contributed by atoms with Crippen molar-refractivity contribution in [2.75, 3.05) is 5.32 Å². The van der Waals surface area contributed by atoms with Crippen LogP contribution in [0.5, 0.6) is 0 Å². The third-order valence-electron chi connectivity index (χ3n) is 6.12. The maximum Gasteiger partial charge on any atom is 0.265 e. The third-order valence-corrected chi connectivity index (χ3v) is 7.59. The lowest BCUT2D eigenvalue weighted by Gasteiger charge is -2.33. The zero-order valence-electron chi connectivity index (χ0n) is 16.7. The summed E-state index contributed by atoms with van der Waals surface area (Å²) in [6, 6.07) is 8.08. The average Bonchev–Trinajstić information content (AvgIpc) is 3.28. The predicted molar refractivity (Wildman–Crippen MR) is 118 cm³/mol. The topological polar surface area (TPSA) is 92.5 Å². The number of anilines is 1. The number of primary amides is 1. The number of carbonyl (C=O) groups excluding carboxylic acids is 3. The van der Waals surface area contributed by atoms with Crippen LogP contribution in [0.15, 0.2) is 30.3 Å². The highest BCUT2D eigenvalue weighted by Gasteiger charge is 2.47. The summed E-state index contributed by atoms with van der Waals surface area (Å²) in [5, 5.41) is 3.76. The zero-order chi connectivity index (χ0) is 21.4. The Labute approximate surface area is 184 Å². The number of hydrogen-bond donors (Lipinski definition) is 2. The van der Waals surface area contributed by atoms with E-state index in [4.69, 9.17) is 17.3 Å². The van der Waals surface area contributed by atoms with Gasteiger partial charge in [-0.3, -0.25) is 14.4 Å². The van der Waals surface area contributed by atoms with Gasteiger partial charge >= 0.3 is 0 Å². The zero-order valence-corrected chi connectivity index (χ0v) is 18.3. The van der Waals surface area contributed by atoms with E-state index >= 15 is 0 Å². The summed E-state index contributed by atoms with van der Waals surface area (Å²) < 4.78 is 0. The summed E-state index contributed by atoms with van der Waals surface area (Å²) in [6.07, 6.45) is 4.76. The summed E-state index contributed by atoms with van der Waals surface area (Å²) in [7, 11) is 0. The highest BCUT2D eigenvalue weighted by atomic mass is 35.5. The fourth-order valence-electron chi connectivity index (χ4n) is 4.70. The Kier molecular flexibility index (Phi) is 5.84. The fraction of sp³-hybridized carbons (Fsp3) is 0.409. The number of amides is 3. The Morgan fingerprint density at radius 3 is 2.67 bits per heavy atom. The quantitative estimate of drug-likeness (QED) is 0.737. The average molecular weight is 446 g/mol. The maximum atomic E-state index is 13.5. The van der Waals surface area contributed by atoms with Gasteiger partial charge in [-0.05, 0) is 55.9 Å². The Bertz CT molecular complexity index is 1010. The largest absolute Gasteiger partial charge is 0.368 e. The molecule has 0 bridgehead atoms. The van der Waals surface area contributed by atoms with Gasteiger partial charge in [0.25, 0.3) is 11.8 Å². The second kappa shape index (κ2) is 8.40. The van der Waals surface area contributed by atoms with E-state index in [1.807, 2.05) is 6.92 Å². The molecule has 30 heavy (non-hydrogen) atoms. The van der Waals surface area contributed by atoms with Gasteiger partial charge in [0.05, 0.1) is 20.5 Å². The van der Waals surface area contributed by atoms with Crippen LogP contribution in [0.25, 0.3) is 0 Å². The molecule has 0 radical (unpaired) electrons. The fourth-order valence-corrected chi connectivity index (χ4v) is 5.94. The number of halogens is 1. The summed E-state index contributed by atoms with van der Waals surface area (Å²) in [4.78, 5) is 40.3. The van der Waals surface area contributed by atoms with Crippen molar-refractivity contribution in [1.29, 1.82) is 0 Å². The summed E-state index contributed by atoms with van der Waals surface area (Å²) in [6.45, 7) is 1.84. The van der Waals surface area contributed by atoms with Crippen LogP contribution in [0.4, 0.5) is 5.00 Å². The number of aryl methyl sites for hydroxylation is 1. The number of thiophene rings is 1. The van der Waals surface area contributed by atoms with Crippen molar-refractivity contribution in [3.05, 3.63) is 51.4 Å². The molecule has 3 amide bonds. The van der Waals surface area contributed by atoms with Crippen molar-refractivity contribution in [3.63, 3.8) is 0 Å². The predicted octanol–water partition coefficient (Wildman–Crippen LogP) is 4.22. The first kappa shape index (κ1) is 20.9. The van der Waals surface area contributed by atoms with E-state index in [0.29, 0.717) is 32.8 Å². The standard InChI is InChI=1S/C22H24ClN3O3S/c1-12-10-18(25-21(28)14-7-3-4-8-15(14)23)30-19(12)22(29)26-16-9-5-2-6-13(16)11-17(26)20(24)27/h3-4,7-8,10,13,16-17H,2,5-6,9,11H2,1H3,(H2,24,27)(H,25,28). The number of nitrogens with zero attached hydrogens (tertiary/aromatic N) is 1. The van der Waals surface area contributed by atoms with Gasteiger partial charge in [-0.15, -0.1) is 11.3 Å². The Morgan fingerprint density at radius 2 is 1.93 bits per heavy atom. The van der Waals surface area contributed by atoms with Gasteiger partial charge in [0, 0.05) is 6.04 Å². The van der Waals surface area contributed by atoms with E-state index in [1.54, 1.807) is 35.2 Å². The van der Waals surface area contributed by atoms with Crippen LogP contribution in [0.2, 0.25) is 5.02 Å². The molecule has 1 aliphatic carbocycles. The summed E-state index contributed by atoms with van der Waals surface area (Å²) >= 11 is 7.33. The number of hydrogen-bond acceptors (Lipinski definition) is 4. The molecule has 158 valence electrons. The van der Waals surface area contributed by atoms with Gasteiger partial charge in [0.15, 0.2) is 0 Å². The lowest BCUT2D eigenvalue weighted by atomic mass is 9.84. The molecule has 3 atom stereocenters. The first-order valence-corrected chi connectivity index (χ1v) is 11.3. The molecule has 3 unspecified atom stereocenters. The van der Waals surface area contributed by atoms with Gasteiger partial charge < -0.3 is 16.0 Å². The van der Waals surface area contributed by atoms with Crippen LogP contribution in [0.3, 0.4) is 0 Å². The van der Waals surface area contributed by atoms with Crippen molar-refractivity contribution in [3.8, 4) is 0 Å². The van der Waals surface area contributed by atoms with Crippen LogP contribution in [-0.2, 0) is 4.79 Å². The summed E-state index contributed by atoms with van der Waals surface area (Å²) in [5.41, 5.74) is 6.78. The van der Waals surface area contributed by atoms with E-state index < -0.39 is 11.9 Å². The molecule has 4 rings (SSSR count). The molecule has 1 aliphatic heterocycles. The first-order chi connectivity index (χ1) is 14.4. The third kappa shape index (κ3) is 3.84. The van der Waals surface area contributed by atoms with Crippen molar-refractivity contribution in [1.82, 2.24) is 4.90 Å². The molecule has 6 nitrogen and oxygen atoms in total. The normalized spacial score (nSPS) is 23.1.